The molecule has 0 atom stereocenters. The lowest BCUT2D eigenvalue weighted by Crippen LogP contribution is -2.11. The highest BCUT2D eigenvalue weighted by molar-refractivity contribution is 5.54. The predicted molar refractivity (Wildman–Crippen MR) is 93.0 cm³/mol. The number of rotatable bonds is 3. The normalized spacial score (nSPS) is 11.3. The summed E-state index contributed by atoms with van der Waals surface area (Å²) in [6.45, 7) is 8.34. The highest BCUT2D eigenvalue weighted by atomic mass is 16.5. The fraction of sp³-hybridized carbons (Fsp3) is 0.263. The SMILES string of the molecule is Cc1cc(Oc2cncc(C(C)(C)C)c2)nc(-c2cccnc2)n1. The molecule has 5 heteroatoms. The molecule has 0 amide bonds. The molecular formula is C19H20N4O. The van der Waals surface area contributed by atoms with Crippen LogP contribution in [0.2, 0.25) is 0 Å². The predicted octanol–water partition coefficient (Wildman–Crippen LogP) is 4.33. The van der Waals surface area contributed by atoms with Crippen molar-refractivity contribution in [3.8, 4) is 23.0 Å². The van der Waals surface area contributed by atoms with E-state index in [1.165, 1.54) is 0 Å². The minimum absolute atomic E-state index is 0.00876. The zero-order valence-corrected chi connectivity index (χ0v) is 14.3. The minimum Gasteiger partial charge on any atom is -0.437 e. The van der Waals surface area contributed by atoms with Gasteiger partial charge < -0.3 is 4.74 Å². The fourth-order valence-corrected chi connectivity index (χ4v) is 2.22. The quantitative estimate of drug-likeness (QED) is 0.718. The van der Waals surface area contributed by atoms with Crippen molar-refractivity contribution in [2.45, 2.75) is 33.1 Å². The van der Waals surface area contributed by atoms with E-state index in [1.807, 2.05) is 37.4 Å². The molecule has 0 bridgehead atoms. The van der Waals surface area contributed by atoms with Gasteiger partial charge in [0.2, 0.25) is 5.88 Å². The second kappa shape index (κ2) is 6.35. The standard InChI is InChI=1S/C19H20N4O/c1-13-8-17(23-18(22-13)14-6-5-7-20-10-14)24-16-9-15(11-21-12-16)19(2,3)4/h5-12H,1-4H3. The van der Waals surface area contributed by atoms with E-state index in [2.05, 4.69) is 40.7 Å². The van der Waals surface area contributed by atoms with Crippen molar-refractivity contribution in [1.29, 1.82) is 0 Å². The van der Waals surface area contributed by atoms with Crippen molar-refractivity contribution in [3.63, 3.8) is 0 Å². The largest absolute Gasteiger partial charge is 0.437 e. The van der Waals surface area contributed by atoms with Gasteiger partial charge in [0.15, 0.2) is 5.82 Å². The molecule has 0 saturated carbocycles. The molecule has 0 unspecified atom stereocenters. The molecule has 122 valence electrons. The summed E-state index contributed by atoms with van der Waals surface area (Å²) in [4.78, 5) is 17.3. The Bertz CT molecular complexity index is 841. The van der Waals surface area contributed by atoms with Crippen LogP contribution in [0.4, 0.5) is 0 Å². The molecule has 0 N–H and O–H groups in total. The van der Waals surface area contributed by atoms with Crippen molar-refractivity contribution < 1.29 is 4.74 Å². The van der Waals surface area contributed by atoms with Crippen LogP contribution in [0.3, 0.4) is 0 Å². The molecule has 0 spiro atoms. The van der Waals surface area contributed by atoms with Crippen LogP contribution in [-0.4, -0.2) is 19.9 Å². The summed E-state index contributed by atoms with van der Waals surface area (Å²) < 4.78 is 5.92. The van der Waals surface area contributed by atoms with Crippen molar-refractivity contribution >= 4 is 0 Å². The van der Waals surface area contributed by atoms with Crippen LogP contribution in [0.5, 0.6) is 11.6 Å². The first-order valence-electron chi connectivity index (χ1n) is 7.81. The molecule has 3 aromatic heterocycles. The van der Waals surface area contributed by atoms with Gasteiger partial charge in [-0.3, -0.25) is 9.97 Å². The lowest BCUT2D eigenvalue weighted by atomic mass is 9.88. The topological polar surface area (TPSA) is 60.8 Å². The summed E-state index contributed by atoms with van der Waals surface area (Å²) in [6.07, 6.45) is 7.01. The first-order valence-corrected chi connectivity index (χ1v) is 7.81. The van der Waals surface area contributed by atoms with Gasteiger partial charge in [-0.2, -0.15) is 4.98 Å². The number of aryl methyl sites for hydroxylation is 1. The number of pyridine rings is 2. The second-order valence-corrected chi connectivity index (χ2v) is 6.67. The van der Waals surface area contributed by atoms with Crippen LogP contribution in [0.25, 0.3) is 11.4 Å². The second-order valence-electron chi connectivity index (χ2n) is 6.67. The summed E-state index contributed by atoms with van der Waals surface area (Å²) in [5.41, 5.74) is 2.80. The van der Waals surface area contributed by atoms with Gasteiger partial charge in [0.1, 0.15) is 5.75 Å². The summed E-state index contributed by atoms with van der Waals surface area (Å²) in [5.74, 6) is 1.75. The molecule has 0 aliphatic carbocycles. The lowest BCUT2D eigenvalue weighted by Gasteiger charge is -2.19. The molecule has 5 nitrogen and oxygen atoms in total. The van der Waals surface area contributed by atoms with Crippen LogP contribution in [0, 0.1) is 6.92 Å². The third-order valence-electron chi connectivity index (χ3n) is 3.55. The Labute approximate surface area is 141 Å². The van der Waals surface area contributed by atoms with Crippen LogP contribution in [0.1, 0.15) is 32.0 Å². The number of nitrogens with zero attached hydrogens (tertiary/aromatic N) is 4. The molecule has 0 saturated heterocycles. The zero-order valence-electron chi connectivity index (χ0n) is 14.3. The fourth-order valence-electron chi connectivity index (χ4n) is 2.22. The third kappa shape index (κ3) is 3.74. The maximum atomic E-state index is 5.92. The number of ether oxygens (including phenoxy) is 1. The summed E-state index contributed by atoms with van der Waals surface area (Å²) >= 11 is 0. The molecule has 0 radical (unpaired) electrons. The third-order valence-corrected chi connectivity index (χ3v) is 3.55. The van der Waals surface area contributed by atoms with Crippen LogP contribution in [0.15, 0.2) is 49.1 Å². The number of hydrogen-bond acceptors (Lipinski definition) is 5. The average molecular weight is 320 g/mol. The molecule has 3 aromatic rings. The van der Waals surface area contributed by atoms with Gasteiger partial charge in [-0.25, -0.2) is 4.98 Å². The van der Waals surface area contributed by atoms with Gasteiger partial charge >= 0.3 is 0 Å². The maximum absolute atomic E-state index is 5.92. The van der Waals surface area contributed by atoms with E-state index in [1.54, 1.807) is 18.6 Å². The average Bonchev–Trinajstić information content (AvgIpc) is 2.54. The molecule has 3 heterocycles. The van der Waals surface area contributed by atoms with E-state index in [-0.39, 0.29) is 5.41 Å². The van der Waals surface area contributed by atoms with Gasteiger partial charge in [-0.1, -0.05) is 20.8 Å². The molecular weight excluding hydrogens is 300 g/mol. The van der Waals surface area contributed by atoms with E-state index in [4.69, 9.17) is 4.74 Å². The van der Waals surface area contributed by atoms with Gasteiger partial charge in [-0.15, -0.1) is 0 Å². The molecule has 3 rings (SSSR count). The van der Waals surface area contributed by atoms with E-state index in [9.17, 15) is 0 Å². The Kier molecular flexibility index (Phi) is 4.25. The summed E-state index contributed by atoms with van der Waals surface area (Å²) in [6, 6.07) is 7.59. The van der Waals surface area contributed by atoms with E-state index in [0.717, 1.165) is 16.8 Å². The Morgan fingerprint density at radius 1 is 0.958 bits per heavy atom. The Hall–Kier alpha value is -2.82. The van der Waals surface area contributed by atoms with Crippen molar-refractivity contribution in [1.82, 2.24) is 19.9 Å². The van der Waals surface area contributed by atoms with Crippen LogP contribution < -0.4 is 4.74 Å². The Morgan fingerprint density at radius 3 is 2.50 bits per heavy atom. The highest BCUT2D eigenvalue weighted by Crippen LogP contribution is 2.27. The number of aromatic nitrogens is 4. The smallest absolute Gasteiger partial charge is 0.223 e. The summed E-state index contributed by atoms with van der Waals surface area (Å²) in [5, 5.41) is 0. The Balaban J connectivity index is 1.92. The first-order chi connectivity index (χ1) is 11.4. The van der Waals surface area contributed by atoms with Gasteiger partial charge in [-0.05, 0) is 36.1 Å². The van der Waals surface area contributed by atoms with Crippen LogP contribution >= 0.6 is 0 Å². The van der Waals surface area contributed by atoms with Crippen molar-refractivity contribution in [2.75, 3.05) is 0 Å². The van der Waals surface area contributed by atoms with Crippen molar-refractivity contribution in [3.05, 3.63) is 60.3 Å². The van der Waals surface area contributed by atoms with Gasteiger partial charge in [0, 0.05) is 35.9 Å². The Morgan fingerprint density at radius 2 is 1.79 bits per heavy atom. The zero-order chi connectivity index (χ0) is 17.2. The van der Waals surface area contributed by atoms with Crippen LogP contribution in [-0.2, 0) is 5.41 Å². The van der Waals surface area contributed by atoms with E-state index in [0.29, 0.717) is 17.5 Å². The minimum atomic E-state index is 0.00876. The van der Waals surface area contributed by atoms with E-state index < -0.39 is 0 Å². The summed E-state index contributed by atoms with van der Waals surface area (Å²) in [7, 11) is 0. The highest BCUT2D eigenvalue weighted by Gasteiger charge is 2.15. The first kappa shape index (κ1) is 16.1. The van der Waals surface area contributed by atoms with Gasteiger partial charge in [0.25, 0.3) is 0 Å². The van der Waals surface area contributed by atoms with E-state index >= 15 is 0 Å². The van der Waals surface area contributed by atoms with Gasteiger partial charge in [0.05, 0.1) is 6.20 Å². The molecule has 0 aliphatic heterocycles. The van der Waals surface area contributed by atoms with Crippen molar-refractivity contribution in [2.24, 2.45) is 0 Å². The molecule has 0 aliphatic rings. The monoisotopic (exact) mass is 320 g/mol. The molecule has 0 fully saturated rings. The lowest BCUT2D eigenvalue weighted by molar-refractivity contribution is 0.455. The molecule has 24 heavy (non-hydrogen) atoms. The maximum Gasteiger partial charge on any atom is 0.223 e. The number of hydrogen-bond donors (Lipinski definition) is 0. The molecule has 0 aromatic carbocycles.